The van der Waals surface area contributed by atoms with E-state index < -0.39 is 12.0 Å². The lowest BCUT2D eigenvalue weighted by Gasteiger charge is -2.11. The van der Waals surface area contributed by atoms with Crippen LogP contribution in [0.3, 0.4) is 0 Å². The minimum atomic E-state index is -1.05. The second-order valence-electron chi connectivity index (χ2n) is 5.87. The summed E-state index contributed by atoms with van der Waals surface area (Å²) in [5, 5.41) is 15.5. The minimum Gasteiger partial charge on any atom is -0.477 e. The Morgan fingerprint density at radius 3 is 2.45 bits per heavy atom. The molecule has 2 rings (SSSR count). The summed E-state index contributed by atoms with van der Waals surface area (Å²) < 4.78 is 5.17. The van der Waals surface area contributed by atoms with Gasteiger partial charge in [-0.1, -0.05) is 25.9 Å². The quantitative estimate of drug-likeness (QED) is 0.896. The maximum absolute atomic E-state index is 12.1. The number of thiophene rings is 1. The van der Waals surface area contributed by atoms with Crippen LogP contribution in [0.15, 0.2) is 16.7 Å². The van der Waals surface area contributed by atoms with E-state index in [1.807, 2.05) is 20.8 Å². The van der Waals surface area contributed by atoms with Gasteiger partial charge in [-0.15, -0.1) is 11.3 Å². The van der Waals surface area contributed by atoms with Crippen LogP contribution in [0.5, 0.6) is 0 Å². The van der Waals surface area contributed by atoms with Gasteiger partial charge in [0.1, 0.15) is 10.9 Å². The molecule has 7 nitrogen and oxygen atoms in total. The van der Waals surface area contributed by atoms with Gasteiger partial charge in [-0.2, -0.15) is 4.98 Å². The van der Waals surface area contributed by atoms with Gasteiger partial charge < -0.3 is 14.9 Å². The summed E-state index contributed by atoms with van der Waals surface area (Å²) >= 11 is 0.918. The van der Waals surface area contributed by atoms with Gasteiger partial charge in [0, 0.05) is 5.41 Å². The molecule has 2 heterocycles. The van der Waals surface area contributed by atoms with E-state index in [0.29, 0.717) is 16.6 Å². The average molecular weight is 323 g/mol. The van der Waals surface area contributed by atoms with Crippen LogP contribution in [0.2, 0.25) is 0 Å². The first-order valence-electron chi connectivity index (χ1n) is 6.66. The van der Waals surface area contributed by atoms with Crippen LogP contribution in [0.4, 0.5) is 0 Å². The zero-order valence-electron chi connectivity index (χ0n) is 12.7. The molecule has 118 valence electrons. The van der Waals surface area contributed by atoms with Gasteiger partial charge in [0.2, 0.25) is 5.89 Å². The minimum absolute atomic E-state index is 0.116. The molecule has 0 saturated heterocycles. The largest absolute Gasteiger partial charge is 0.477 e. The van der Waals surface area contributed by atoms with E-state index in [1.165, 1.54) is 12.1 Å². The Morgan fingerprint density at radius 1 is 1.32 bits per heavy atom. The van der Waals surface area contributed by atoms with Gasteiger partial charge in [0.25, 0.3) is 5.91 Å². The third-order valence-corrected chi connectivity index (χ3v) is 3.94. The molecule has 0 bridgehead atoms. The van der Waals surface area contributed by atoms with E-state index in [1.54, 1.807) is 6.92 Å². The Bertz CT molecular complexity index is 699. The second-order valence-corrected chi connectivity index (χ2v) is 6.95. The Labute approximate surface area is 131 Å². The van der Waals surface area contributed by atoms with Crippen molar-refractivity contribution in [2.45, 2.75) is 39.2 Å². The van der Waals surface area contributed by atoms with Gasteiger partial charge in [0.15, 0.2) is 5.82 Å². The number of nitrogens with zero attached hydrogens (tertiary/aromatic N) is 2. The number of hydrogen-bond acceptors (Lipinski definition) is 6. The fraction of sp³-hybridized carbons (Fsp3) is 0.429. The third-order valence-electron chi connectivity index (χ3n) is 2.87. The molecule has 0 saturated carbocycles. The zero-order chi connectivity index (χ0) is 16.5. The third kappa shape index (κ3) is 3.51. The maximum Gasteiger partial charge on any atom is 0.345 e. The number of aromatic nitrogens is 2. The summed E-state index contributed by atoms with van der Waals surface area (Å²) in [5.41, 5.74) is -0.240. The van der Waals surface area contributed by atoms with Crippen molar-refractivity contribution < 1.29 is 19.2 Å². The molecular formula is C14H17N3O4S. The van der Waals surface area contributed by atoms with Crippen molar-refractivity contribution in [2.24, 2.45) is 0 Å². The molecule has 2 aromatic rings. The monoisotopic (exact) mass is 323 g/mol. The number of carboxylic acids is 1. The first kappa shape index (κ1) is 16.2. The van der Waals surface area contributed by atoms with Gasteiger partial charge in [0.05, 0.1) is 4.88 Å². The Morgan fingerprint density at radius 2 is 1.95 bits per heavy atom. The van der Waals surface area contributed by atoms with Crippen LogP contribution in [-0.2, 0) is 5.41 Å². The number of nitrogens with one attached hydrogen (secondary N) is 1. The van der Waals surface area contributed by atoms with Crippen LogP contribution in [0, 0.1) is 0 Å². The molecule has 2 N–H and O–H groups in total. The molecule has 2 aromatic heterocycles. The summed E-state index contributed by atoms with van der Waals surface area (Å²) in [6.07, 6.45) is 0. The van der Waals surface area contributed by atoms with E-state index >= 15 is 0 Å². The normalized spacial score (nSPS) is 12.9. The van der Waals surface area contributed by atoms with E-state index in [4.69, 9.17) is 9.63 Å². The predicted molar refractivity (Wildman–Crippen MR) is 80.2 cm³/mol. The van der Waals surface area contributed by atoms with E-state index in [2.05, 4.69) is 15.5 Å². The molecule has 1 atom stereocenters. The summed E-state index contributed by atoms with van der Waals surface area (Å²) in [6, 6.07) is 2.41. The maximum atomic E-state index is 12.1. The highest BCUT2D eigenvalue weighted by Crippen LogP contribution is 2.22. The molecule has 0 aromatic carbocycles. The van der Waals surface area contributed by atoms with Crippen LogP contribution < -0.4 is 5.32 Å². The topological polar surface area (TPSA) is 105 Å². The Hall–Kier alpha value is -2.22. The van der Waals surface area contributed by atoms with Crippen molar-refractivity contribution in [1.29, 1.82) is 0 Å². The lowest BCUT2D eigenvalue weighted by atomic mass is 9.96. The first-order chi connectivity index (χ1) is 10.2. The number of carbonyl (C=O) groups excluding carboxylic acids is 1. The van der Waals surface area contributed by atoms with E-state index in [0.717, 1.165) is 11.3 Å². The summed E-state index contributed by atoms with van der Waals surface area (Å²) in [4.78, 5) is 27.6. The smallest absolute Gasteiger partial charge is 0.345 e. The summed E-state index contributed by atoms with van der Waals surface area (Å²) in [7, 11) is 0. The molecule has 1 amide bonds. The fourth-order valence-corrected chi connectivity index (χ4v) is 2.37. The number of rotatable bonds is 4. The Kier molecular flexibility index (Phi) is 4.32. The summed E-state index contributed by atoms with van der Waals surface area (Å²) in [6.45, 7) is 7.61. The molecule has 0 fully saturated rings. The van der Waals surface area contributed by atoms with Gasteiger partial charge >= 0.3 is 5.97 Å². The number of amides is 1. The molecule has 0 aliphatic rings. The van der Waals surface area contributed by atoms with Crippen LogP contribution in [-0.4, -0.2) is 27.1 Å². The first-order valence-corrected chi connectivity index (χ1v) is 7.48. The standard InChI is InChI=1S/C14H17N3O4S/c1-7(11-16-13(17-21-11)14(2,3)4)15-10(18)8-5-6-9(22-8)12(19)20/h5-7H,1-4H3,(H,15,18)(H,19,20). The van der Waals surface area contributed by atoms with Crippen LogP contribution in [0.1, 0.15) is 64.8 Å². The van der Waals surface area contributed by atoms with Crippen molar-refractivity contribution in [3.05, 3.63) is 33.6 Å². The SMILES string of the molecule is CC(NC(=O)c1ccc(C(=O)O)s1)c1nc(C(C)(C)C)no1. The average Bonchev–Trinajstić information content (AvgIpc) is 3.07. The molecular weight excluding hydrogens is 306 g/mol. The molecule has 0 aliphatic carbocycles. The number of carbonyl (C=O) groups is 2. The van der Waals surface area contributed by atoms with Crippen molar-refractivity contribution in [2.75, 3.05) is 0 Å². The highest BCUT2D eigenvalue weighted by molar-refractivity contribution is 7.15. The number of carboxylic acid groups (broad SMARTS) is 1. The molecule has 0 aliphatic heterocycles. The van der Waals surface area contributed by atoms with E-state index in [9.17, 15) is 9.59 Å². The predicted octanol–water partition coefficient (Wildman–Crippen LogP) is 2.62. The highest BCUT2D eigenvalue weighted by atomic mass is 32.1. The lowest BCUT2D eigenvalue weighted by molar-refractivity contribution is 0.0702. The molecule has 22 heavy (non-hydrogen) atoms. The van der Waals surface area contributed by atoms with Gasteiger partial charge in [-0.25, -0.2) is 4.79 Å². The van der Waals surface area contributed by atoms with Crippen molar-refractivity contribution >= 4 is 23.2 Å². The van der Waals surface area contributed by atoms with E-state index in [-0.39, 0.29) is 16.2 Å². The number of aromatic carboxylic acids is 1. The van der Waals surface area contributed by atoms with Crippen LogP contribution in [0.25, 0.3) is 0 Å². The number of hydrogen-bond donors (Lipinski definition) is 2. The van der Waals surface area contributed by atoms with Gasteiger partial charge in [-0.05, 0) is 19.1 Å². The second kappa shape index (κ2) is 5.88. The summed E-state index contributed by atoms with van der Waals surface area (Å²) in [5.74, 6) is -0.550. The van der Waals surface area contributed by atoms with Crippen molar-refractivity contribution in [1.82, 2.24) is 15.5 Å². The lowest BCUT2D eigenvalue weighted by Crippen LogP contribution is -2.26. The van der Waals surface area contributed by atoms with Crippen molar-refractivity contribution in [3.63, 3.8) is 0 Å². The van der Waals surface area contributed by atoms with Crippen molar-refractivity contribution in [3.8, 4) is 0 Å². The zero-order valence-corrected chi connectivity index (χ0v) is 13.5. The van der Waals surface area contributed by atoms with Crippen LogP contribution >= 0.6 is 11.3 Å². The molecule has 0 spiro atoms. The van der Waals surface area contributed by atoms with Gasteiger partial charge in [-0.3, -0.25) is 4.79 Å². The molecule has 8 heteroatoms. The fourth-order valence-electron chi connectivity index (χ4n) is 1.62. The Balaban J connectivity index is 2.07. The highest BCUT2D eigenvalue weighted by Gasteiger charge is 2.24. The molecule has 0 radical (unpaired) electrons. The molecule has 1 unspecified atom stereocenters.